The Morgan fingerprint density at radius 2 is 2.23 bits per heavy atom. The van der Waals surface area contributed by atoms with E-state index in [2.05, 4.69) is 4.98 Å². The molecule has 1 aromatic rings. The molecule has 0 saturated carbocycles. The maximum absolute atomic E-state index is 10.0. The van der Waals surface area contributed by atoms with Gasteiger partial charge < -0.3 is 10.8 Å². The van der Waals surface area contributed by atoms with Crippen molar-refractivity contribution in [2.45, 2.75) is 25.9 Å². The second-order valence-electron chi connectivity index (χ2n) is 3.28. The number of aryl methyl sites for hydroxylation is 1. The Labute approximate surface area is 78.6 Å². The van der Waals surface area contributed by atoms with Crippen LogP contribution in [0.1, 0.15) is 24.6 Å². The minimum atomic E-state index is -0.916. The number of aromatic nitrogens is 1. The second-order valence-corrected chi connectivity index (χ2v) is 3.28. The molecule has 0 aliphatic heterocycles. The lowest BCUT2D eigenvalue weighted by atomic mass is 9.92. The van der Waals surface area contributed by atoms with Gasteiger partial charge in [-0.05, 0) is 19.4 Å². The van der Waals surface area contributed by atoms with Crippen LogP contribution >= 0.6 is 0 Å². The van der Waals surface area contributed by atoms with Crippen LogP contribution < -0.4 is 5.73 Å². The zero-order valence-corrected chi connectivity index (χ0v) is 8.12. The highest BCUT2D eigenvalue weighted by atomic mass is 16.3. The van der Waals surface area contributed by atoms with Crippen molar-refractivity contribution in [3.63, 3.8) is 0 Å². The quantitative estimate of drug-likeness (QED) is 0.728. The van der Waals surface area contributed by atoms with Crippen LogP contribution in [-0.2, 0) is 5.60 Å². The predicted molar refractivity (Wildman–Crippen MR) is 52.2 cm³/mol. The van der Waals surface area contributed by atoms with Crippen molar-refractivity contribution < 1.29 is 5.11 Å². The van der Waals surface area contributed by atoms with E-state index in [9.17, 15) is 5.11 Å². The first kappa shape index (κ1) is 10.2. The third-order valence-corrected chi connectivity index (χ3v) is 2.37. The van der Waals surface area contributed by atoms with Crippen LogP contribution in [0.25, 0.3) is 0 Å². The van der Waals surface area contributed by atoms with E-state index in [1.165, 1.54) is 0 Å². The minimum absolute atomic E-state index is 0.230. The Kier molecular flexibility index (Phi) is 3.01. The van der Waals surface area contributed by atoms with Gasteiger partial charge in [0.15, 0.2) is 0 Å². The summed E-state index contributed by atoms with van der Waals surface area (Å²) in [5.41, 5.74) is 6.33. The molecule has 1 heterocycles. The average Bonchev–Trinajstić information content (AvgIpc) is 2.18. The van der Waals surface area contributed by atoms with Crippen LogP contribution in [0.5, 0.6) is 0 Å². The van der Waals surface area contributed by atoms with E-state index in [0.717, 1.165) is 11.3 Å². The van der Waals surface area contributed by atoms with E-state index in [0.29, 0.717) is 6.42 Å². The van der Waals surface area contributed by atoms with Crippen LogP contribution in [0.15, 0.2) is 18.3 Å². The predicted octanol–water partition coefficient (Wildman–Crippen LogP) is 0.946. The highest BCUT2D eigenvalue weighted by molar-refractivity contribution is 5.20. The molecule has 1 rings (SSSR count). The first-order chi connectivity index (χ1) is 6.12. The Morgan fingerprint density at radius 3 is 2.62 bits per heavy atom. The standard InChI is InChI=1S/C10H16N2O/c1-3-10(13,7-11)9-5-4-8(2)12-6-9/h4-6,13H,3,7,11H2,1-2H3. The molecule has 13 heavy (non-hydrogen) atoms. The SMILES string of the molecule is CCC(O)(CN)c1ccc(C)nc1. The second kappa shape index (κ2) is 3.85. The number of aliphatic hydroxyl groups is 1. The van der Waals surface area contributed by atoms with Gasteiger partial charge in [0, 0.05) is 24.0 Å². The molecule has 3 N–H and O–H groups in total. The van der Waals surface area contributed by atoms with E-state index < -0.39 is 5.60 Å². The van der Waals surface area contributed by atoms with Gasteiger partial charge in [-0.25, -0.2) is 0 Å². The molecule has 1 aromatic heterocycles. The Balaban J connectivity index is 2.99. The maximum Gasteiger partial charge on any atom is 0.103 e. The molecule has 0 saturated heterocycles. The van der Waals surface area contributed by atoms with E-state index in [1.807, 2.05) is 26.0 Å². The number of hydrogen-bond acceptors (Lipinski definition) is 3. The van der Waals surface area contributed by atoms with Crippen LogP contribution in [-0.4, -0.2) is 16.6 Å². The van der Waals surface area contributed by atoms with Gasteiger partial charge in [0.1, 0.15) is 5.60 Å². The number of rotatable bonds is 3. The van der Waals surface area contributed by atoms with Gasteiger partial charge in [0.05, 0.1) is 0 Å². The number of hydrogen-bond donors (Lipinski definition) is 2. The summed E-state index contributed by atoms with van der Waals surface area (Å²) in [5.74, 6) is 0. The molecule has 0 amide bonds. The van der Waals surface area contributed by atoms with Gasteiger partial charge in [-0.2, -0.15) is 0 Å². The molecule has 0 spiro atoms. The van der Waals surface area contributed by atoms with Crippen molar-refractivity contribution >= 4 is 0 Å². The van der Waals surface area contributed by atoms with Crippen LogP contribution in [0.2, 0.25) is 0 Å². The van der Waals surface area contributed by atoms with Crippen LogP contribution in [0.3, 0.4) is 0 Å². The molecule has 1 atom stereocenters. The highest BCUT2D eigenvalue weighted by Gasteiger charge is 2.25. The summed E-state index contributed by atoms with van der Waals surface area (Å²) in [4.78, 5) is 4.13. The lowest BCUT2D eigenvalue weighted by Gasteiger charge is -2.24. The molecule has 1 unspecified atom stereocenters. The first-order valence-electron chi connectivity index (χ1n) is 4.48. The minimum Gasteiger partial charge on any atom is -0.384 e. The smallest absolute Gasteiger partial charge is 0.103 e. The summed E-state index contributed by atoms with van der Waals surface area (Å²) in [6.07, 6.45) is 2.29. The van der Waals surface area contributed by atoms with Crippen molar-refractivity contribution in [1.82, 2.24) is 4.98 Å². The zero-order valence-electron chi connectivity index (χ0n) is 8.12. The molecule has 3 heteroatoms. The summed E-state index contributed by atoms with van der Waals surface area (Å²) < 4.78 is 0. The fraction of sp³-hybridized carbons (Fsp3) is 0.500. The van der Waals surface area contributed by atoms with Crippen molar-refractivity contribution in [2.75, 3.05) is 6.54 Å². The third-order valence-electron chi connectivity index (χ3n) is 2.37. The molecular weight excluding hydrogens is 164 g/mol. The van der Waals surface area contributed by atoms with Crippen LogP contribution in [0.4, 0.5) is 0 Å². The molecular formula is C10H16N2O. The van der Waals surface area contributed by atoms with E-state index in [4.69, 9.17) is 5.73 Å². The molecule has 0 bridgehead atoms. The zero-order chi connectivity index (χ0) is 9.90. The monoisotopic (exact) mass is 180 g/mol. The third kappa shape index (κ3) is 2.05. The van der Waals surface area contributed by atoms with Gasteiger partial charge in [-0.15, -0.1) is 0 Å². The fourth-order valence-corrected chi connectivity index (χ4v) is 1.21. The van der Waals surface area contributed by atoms with Crippen molar-refractivity contribution in [1.29, 1.82) is 0 Å². The van der Waals surface area contributed by atoms with E-state index in [-0.39, 0.29) is 6.54 Å². The molecule has 0 aliphatic carbocycles. The Bertz CT molecular complexity index is 265. The largest absolute Gasteiger partial charge is 0.384 e. The molecule has 3 nitrogen and oxygen atoms in total. The Hall–Kier alpha value is -0.930. The summed E-state index contributed by atoms with van der Waals surface area (Å²) in [6.45, 7) is 4.05. The van der Waals surface area contributed by atoms with Crippen LogP contribution in [0, 0.1) is 6.92 Å². The molecule has 72 valence electrons. The summed E-state index contributed by atoms with van der Waals surface area (Å²) >= 11 is 0. The van der Waals surface area contributed by atoms with Gasteiger partial charge in [-0.1, -0.05) is 13.0 Å². The number of nitrogens with zero attached hydrogens (tertiary/aromatic N) is 1. The van der Waals surface area contributed by atoms with Crippen molar-refractivity contribution in [3.05, 3.63) is 29.6 Å². The summed E-state index contributed by atoms with van der Waals surface area (Å²) in [7, 11) is 0. The molecule has 0 fully saturated rings. The topological polar surface area (TPSA) is 59.1 Å². The van der Waals surface area contributed by atoms with Gasteiger partial charge >= 0.3 is 0 Å². The molecule has 0 aromatic carbocycles. The van der Waals surface area contributed by atoms with Gasteiger partial charge in [-0.3, -0.25) is 4.98 Å². The average molecular weight is 180 g/mol. The van der Waals surface area contributed by atoms with E-state index in [1.54, 1.807) is 6.20 Å². The first-order valence-corrected chi connectivity index (χ1v) is 4.48. The molecule has 0 aliphatic rings. The van der Waals surface area contributed by atoms with Gasteiger partial charge in [0.25, 0.3) is 0 Å². The van der Waals surface area contributed by atoms with Gasteiger partial charge in [0.2, 0.25) is 0 Å². The normalized spacial score (nSPS) is 15.4. The lowest BCUT2D eigenvalue weighted by molar-refractivity contribution is 0.0415. The van der Waals surface area contributed by atoms with Crippen molar-refractivity contribution in [3.8, 4) is 0 Å². The molecule has 0 radical (unpaired) electrons. The summed E-state index contributed by atoms with van der Waals surface area (Å²) in [6, 6.07) is 3.75. The lowest BCUT2D eigenvalue weighted by Crippen LogP contribution is -2.34. The maximum atomic E-state index is 10.0. The number of pyridine rings is 1. The highest BCUT2D eigenvalue weighted by Crippen LogP contribution is 2.22. The number of nitrogens with two attached hydrogens (primary N) is 1. The van der Waals surface area contributed by atoms with Crippen molar-refractivity contribution in [2.24, 2.45) is 5.73 Å². The fourth-order valence-electron chi connectivity index (χ4n) is 1.21. The Morgan fingerprint density at radius 1 is 1.54 bits per heavy atom. The summed E-state index contributed by atoms with van der Waals surface area (Å²) in [5, 5.41) is 10.0. The van der Waals surface area contributed by atoms with E-state index >= 15 is 0 Å².